The number of fused-ring (bicyclic) bond motifs is 1. The van der Waals surface area contributed by atoms with Crippen LogP contribution in [0.25, 0.3) is 22.9 Å². The minimum atomic E-state index is -4.54. The molecule has 0 unspecified atom stereocenters. The second-order valence-electron chi connectivity index (χ2n) is 8.74. The largest absolute Gasteiger partial charge is 0.418 e. The van der Waals surface area contributed by atoms with Crippen molar-refractivity contribution in [2.24, 2.45) is 0 Å². The second-order valence-corrected chi connectivity index (χ2v) is 8.74. The van der Waals surface area contributed by atoms with Crippen molar-refractivity contribution in [3.05, 3.63) is 89.1 Å². The van der Waals surface area contributed by atoms with Gasteiger partial charge in [-0.1, -0.05) is 23.4 Å². The molecule has 1 aromatic carbocycles. The van der Waals surface area contributed by atoms with E-state index in [1.165, 1.54) is 21.9 Å². The van der Waals surface area contributed by atoms with E-state index in [9.17, 15) is 22.0 Å². The molecule has 0 bridgehead atoms. The molecule has 4 aromatic heterocycles. The summed E-state index contributed by atoms with van der Waals surface area (Å²) in [4.78, 5) is 12.5. The highest BCUT2D eigenvalue weighted by atomic mass is 19.4. The van der Waals surface area contributed by atoms with Crippen LogP contribution in [-0.4, -0.2) is 36.4 Å². The number of aromatic nitrogens is 6. The third-order valence-corrected chi connectivity index (χ3v) is 6.38. The van der Waals surface area contributed by atoms with Crippen molar-refractivity contribution in [1.82, 2.24) is 29.9 Å². The number of H-pyrrole nitrogens is 1. The zero-order valence-electron chi connectivity index (χ0n) is 19.5. The van der Waals surface area contributed by atoms with Crippen molar-refractivity contribution in [2.45, 2.75) is 25.7 Å². The normalized spacial score (nSPS) is 13.7. The third kappa shape index (κ3) is 4.29. The molecule has 1 N–H and O–H groups in total. The molecule has 0 amide bonds. The first-order valence-electron chi connectivity index (χ1n) is 11.5. The minimum Gasteiger partial charge on any atom is -0.364 e. The maximum Gasteiger partial charge on any atom is 0.418 e. The van der Waals surface area contributed by atoms with E-state index in [0.29, 0.717) is 22.6 Å². The number of rotatable bonds is 5. The molecule has 1 aliphatic heterocycles. The highest BCUT2D eigenvalue weighted by Crippen LogP contribution is 2.37. The van der Waals surface area contributed by atoms with Crippen LogP contribution >= 0.6 is 0 Å². The highest BCUT2D eigenvalue weighted by Gasteiger charge is 2.37. The molecule has 0 saturated carbocycles. The highest BCUT2D eigenvalue weighted by molar-refractivity contribution is 5.63. The fraction of sp³-hybridized carbons (Fsp3) is 0.200. The van der Waals surface area contributed by atoms with Crippen LogP contribution in [0.1, 0.15) is 22.4 Å². The van der Waals surface area contributed by atoms with Crippen molar-refractivity contribution in [1.29, 1.82) is 0 Å². The maximum absolute atomic E-state index is 14.9. The molecular weight excluding hydrogens is 509 g/mol. The van der Waals surface area contributed by atoms with Crippen LogP contribution in [0.4, 0.5) is 27.8 Å². The Kier molecular flexibility index (Phi) is 5.69. The average Bonchev–Trinajstić information content (AvgIpc) is 3.65. The van der Waals surface area contributed by atoms with Gasteiger partial charge in [0.05, 0.1) is 24.0 Å². The van der Waals surface area contributed by atoms with E-state index in [4.69, 9.17) is 4.52 Å². The summed E-state index contributed by atoms with van der Waals surface area (Å²) in [5, 5.41) is 8.45. The zero-order valence-corrected chi connectivity index (χ0v) is 19.5. The van der Waals surface area contributed by atoms with Gasteiger partial charge in [-0.15, -0.1) is 0 Å². The first kappa shape index (κ1) is 23.8. The summed E-state index contributed by atoms with van der Waals surface area (Å²) in [6.07, 6.45) is -1.00. The van der Waals surface area contributed by atoms with Gasteiger partial charge in [0.15, 0.2) is 17.5 Å². The molecule has 6 rings (SSSR count). The van der Waals surface area contributed by atoms with Gasteiger partial charge in [-0.3, -0.25) is 4.68 Å². The molecule has 5 aromatic rings. The predicted octanol–water partition coefficient (Wildman–Crippen LogP) is 5.23. The first-order chi connectivity index (χ1) is 18.3. The molecule has 0 spiro atoms. The van der Waals surface area contributed by atoms with Crippen LogP contribution < -0.4 is 4.90 Å². The van der Waals surface area contributed by atoms with Gasteiger partial charge in [-0.05, 0) is 12.1 Å². The standard InChI is InChI=1S/C25H18F5N7O/c26-17-4-2-1-3-14(17)12-37-22(20-6-8-38-35-20)9-21(34-37)23-32-11-18(27)24(33-23)36-7-5-19-15(13-36)16(10-31-19)25(28,29)30/h1-4,6,8-11,31H,5,7,12-13H2. The van der Waals surface area contributed by atoms with Crippen LogP contribution in [0.15, 0.2) is 59.6 Å². The SMILES string of the molecule is Fc1ccccc1Cn1nc(-c2ncc(F)c(N3CCc4[nH]cc(C(F)(F)F)c4C3)n2)cc1-c1ccon1. The van der Waals surface area contributed by atoms with Gasteiger partial charge in [-0.2, -0.15) is 18.3 Å². The molecule has 13 heteroatoms. The van der Waals surface area contributed by atoms with Gasteiger partial charge in [-0.25, -0.2) is 18.7 Å². The fourth-order valence-electron chi connectivity index (χ4n) is 4.54. The number of aromatic amines is 1. The number of nitrogens with one attached hydrogen (secondary N) is 1. The molecule has 1 aliphatic rings. The summed E-state index contributed by atoms with van der Waals surface area (Å²) in [6, 6.07) is 9.45. The van der Waals surface area contributed by atoms with Crippen molar-refractivity contribution in [3.8, 4) is 22.9 Å². The zero-order chi connectivity index (χ0) is 26.4. The van der Waals surface area contributed by atoms with Gasteiger partial charge < -0.3 is 14.4 Å². The molecule has 194 valence electrons. The first-order valence-corrected chi connectivity index (χ1v) is 11.5. The van der Waals surface area contributed by atoms with Crippen LogP contribution in [0, 0.1) is 11.6 Å². The van der Waals surface area contributed by atoms with Gasteiger partial charge >= 0.3 is 6.18 Å². The summed E-state index contributed by atoms with van der Waals surface area (Å²) in [5.41, 5.74) is 1.28. The number of anilines is 1. The fourth-order valence-corrected chi connectivity index (χ4v) is 4.54. The van der Waals surface area contributed by atoms with Crippen molar-refractivity contribution in [2.75, 3.05) is 11.4 Å². The molecule has 0 aliphatic carbocycles. The molecule has 0 fully saturated rings. The molecular formula is C25H18F5N7O. The van der Waals surface area contributed by atoms with E-state index in [-0.39, 0.29) is 49.0 Å². The lowest BCUT2D eigenvalue weighted by atomic mass is 10.0. The Hall–Kier alpha value is -4.55. The summed E-state index contributed by atoms with van der Waals surface area (Å²) < 4.78 is 76.0. The lowest BCUT2D eigenvalue weighted by molar-refractivity contribution is -0.138. The number of halogens is 5. The Labute approximate surface area is 211 Å². The Bertz CT molecular complexity index is 1610. The molecule has 0 atom stereocenters. The van der Waals surface area contributed by atoms with Crippen molar-refractivity contribution < 1.29 is 26.5 Å². The number of hydrogen-bond acceptors (Lipinski definition) is 6. The monoisotopic (exact) mass is 527 g/mol. The molecule has 8 nitrogen and oxygen atoms in total. The Morgan fingerprint density at radius 3 is 2.66 bits per heavy atom. The van der Waals surface area contributed by atoms with Crippen LogP contribution in [-0.2, 0) is 25.7 Å². The summed E-state index contributed by atoms with van der Waals surface area (Å²) in [7, 11) is 0. The lowest BCUT2D eigenvalue weighted by Gasteiger charge is -2.29. The van der Waals surface area contributed by atoms with E-state index in [2.05, 4.69) is 25.2 Å². The Morgan fingerprint density at radius 2 is 1.89 bits per heavy atom. The minimum absolute atomic E-state index is 0.0503. The van der Waals surface area contributed by atoms with Gasteiger partial charge in [0, 0.05) is 48.6 Å². The molecule has 0 radical (unpaired) electrons. The molecule has 5 heterocycles. The quantitative estimate of drug-likeness (QED) is 0.315. The molecule has 38 heavy (non-hydrogen) atoms. The van der Waals surface area contributed by atoms with Gasteiger partial charge in [0.1, 0.15) is 23.5 Å². The topological polar surface area (TPSA) is 88.7 Å². The number of hydrogen-bond donors (Lipinski definition) is 1. The number of alkyl halides is 3. The third-order valence-electron chi connectivity index (χ3n) is 6.38. The number of nitrogens with zero attached hydrogens (tertiary/aromatic N) is 6. The van der Waals surface area contributed by atoms with Gasteiger partial charge in [0.2, 0.25) is 0 Å². The summed E-state index contributed by atoms with van der Waals surface area (Å²) in [5.74, 6) is -1.27. The van der Waals surface area contributed by atoms with E-state index in [1.807, 2.05) is 0 Å². The summed E-state index contributed by atoms with van der Waals surface area (Å²) >= 11 is 0. The maximum atomic E-state index is 14.9. The van der Waals surface area contributed by atoms with Crippen LogP contribution in [0.2, 0.25) is 0 Å². The second kappa shape index (κ2) is 9.08. The predicted molar refractivity (Wildman–Crippen MR) is 125 cm³/mol. The van der Waals surface area contributed by atoms with E-state index < -0.39 is 23.4 Å². The smallest absolute Gasteiger partial charge is 0.364 e. The van der Waals surface area contributed by atoms with Crippen molar-refractivity contribution >= 4 is 5.82 Å². The summed E-state index contributed by atoms with van der Waals surface area (Å²) in [6.45, 7) is 0.141. The van der Waals surface area contributed by atoms with E-state index in [1.54, 1.807) is 30.3 Å². The van der Waals surface area contributed by atoms with Crippen molar-refractivity contribution in [3.63, 3.8) is 0 Å². The Morgan fingerprint density at radius 1 is 1.05 bits per heavy atom. The van der Waals surface area contributed by atoms with Gasteiger partial charge in [0.25, 0.3) is 0 Å². The van der Waals surface area contributed by atoms with Crippen LogP contribution in [0.5, 0.6) is 0 Å². The number of benzene rings is 1. The lowest BCUT2D eigenvalue weighted by Crippen LogP contribution is -2.32. The van der Waals surface area contributed by atoms with E-state index >= 15 is 0 Å². The Balaban J connectivity index is 1.37. The van der Waals surface area contributed by atoms with Crippen LogP contribution in [0.3, 0.4) is 0 Å². The molecule has 0 saturated heterocycles. The van der Waals surface area contributed by atoms with E-state index in [0.717, 1.165) is 12.4 Å². The average molecular weight is 527 g/mol.